The summed E-state index contributed by atoms with van der Waals surface area (Å²) in [5.74, 6) is 0.273. The molecule has 3 nitrogen and oxygen atoms in total. The summed E-state index contributed by atoms with van der Waals surface area (Å²) in [5, 5.41) is 8.97. The Morgan fingerprint density at radius 2 is 1.86 bits per heavy atom. The van der Waals surface area contributed by atoms with Gasteiger partial charge in [0, 0.05) is 25.7 Å². The van der Waals surface area contributed by atoms with Crippen molar-refractivity contribution < 1.29 is 0 Å². The number of nitrogens with zero attached hydrogens (tertiary/aromatic N) is 2. The molecule has 108 valence electrons. The molecule has 21 heavy (non-hydrogen) atoms. The summed E-state index contributed by atoms with van der Waals surface area (Å²) >= 11 is 0. The number of nitriles is 1. The quantitative estimate of drug-likeness (QED) is 0.915. The minimum atomic E-state index is 0.273. The molecule has 0 radical (unpaired) electrons. The summed E-state index contributed by atoms with van der Waals surface area (Å²) in [7, 11) is 4.06. The molecule has 2 aromatic rings. The van der Waals surface area contributed by atoms with Gasteiger partial charge in [0.25, 0.3) is 0 Å². The lowest BCUT2D eigenvalue weighted by atomic mass is 9.91. The number of hydrogen-bond donors (Lipinski definition) is 1. The molecule has 0 fully saturated rings. The van der Waals surface area contributed by atoms with E-state index in [2.05, 4.69) is 41.3 Å². The average Bonchev–Trinajstić information content (AvgIpc) is 2.53. The highest BCUT2D eigenvalue weighted by atomic mass is 15.1. The molecule has 0 aliphatic heterocycles. The molecule has 0 amide bonds. The molecule has 2 N–H and O–H groups in total. The van der Waals surface area contributed by atoms with Crippen molar-refractivity contribution in [1.29, 1.82) is 5.26 Å². The maximum atomic E-state index is 8.97. The SMILES string of the molecule is CN(C)c1ccc(C(CN)Cc2cccc(C#N)c2)cc1. The van der Waals surface area contributed by atoms with Crippen molar-refractivity contribution in [3.05, 3.63) is 65.2 Å². The van der Waals surface area contributed by atoms with Gasteiger partial charge in [-0.2, -0.15) is 5.26 Å². The van der Waals surface area contributed by atoms with Crippen LogP contribution in [-0.2, 0) is 6.42 Å². The Balaban J connectivity index is 2.17. The van der Waals surface area contributed by atoms with E-state index in [1.807, 2.05) is 32.3 Å². The van der Waals surface area contributed by atoms with Gasteiger partial charge in [0.15, 0.2) is 0 Å². The zero-order chi connectivity index (χ0) is 15.2. The largest absolute Gasteiger partial charge is 0.378 e. The fourth-order valence-electron chi connectivity index (χ4n) is 2.43. The van der Waals surface area contributed by atoms with E-state index in [1.165, 1.54) is 11.3 Å². The Kier molecular flexibility index (Phi) is 4.97. The summed E-state index contributed by atoms with van der Waals surface area (Å²) in [6.45, 7) is 0.595. The van der Waals surface area contributed by atoms with Gasteiger partial charge in [0.05, 0.1) is 11.6 Å². The fourth-order valence-corrected chi connectivity index (χ4v) is 2.43. The van der Waals surface area contributed by atoms with Crippen LogP contribution in [0.25, 0.3) is 0 Å². The molecule has 0 heterocycles. The monoisotopic (exact) mass is 279 g/mol. The van der Waals surface area contributed by atoms with Crippen molar-refractivity contribution >= 4 is 5.69 Å². The summed E-state index contributed by atoms with van der Waals surface area (Å²) in [6.07, 6.45) is 0.854. The van der Waals surface area contributed by atoms with E-state index in [0.717, 1.165) is 12.0 Å². The van der Waals surface area contributed by atoms with Gasteiger partial charge in [-0.05, 0) is 48.4 Å². The highest BCUT2D eigenvalue weighted by Crippen LogP contribution is 2.23. The van der Waals surface area contributed by atoms with Gasteiger partial charge in [0.1, 0.15) is 0 Å². The maximum Gasteiger partial charge on any atom is 0.0991 e. The molecule has 1 atom stereocenters. The highest BCUT2D eigenvalue weighted by molar-refractivity contribution is 5.47. The Morgan fingerprint density at radius 1 is 1.14 bits per heavy atom. The zero-order valence-electron chi connectivity index (χ0n) is 12.6. The fraction of sp³-hybridized carbons (Fsp3) is 0.278. The van der Waals surface area contributed by atoms with Crippen LogP contribution >= 0.6 is 0 Å². The molecular weight excluding hydrogens is 258 g/mol. The normalized spacial score (nSPS) is 11.7. The second-order valence-electron chi connectivity index (χ2n) is 5.43. The summed E-state index contributed by atoms with van der Waals surface area (Å²) in [4.78, 5) is 2.08. The van der Waals surface area contributed by atoms with Crippen LogP contribution in [0.1, 0.15) is 22.6 Å². The van der Waals surface area contributed by atoms with Crippen LogP contribution in [0.5, 0.6) is 0 Å². The Morgan fingerprint density at radius 3 is 2.43 bits per heavy atom. The van der Waals surface area contributed by atoms with Crippen LogP contribution in [0, 0.1) is 11.3 Å². The van der Waals surface area contributed by atoms with Crippen molar-refractivity contribution in [2.24, 2.45) is 5.73 Å². The van der Waals surface area contributed by atoms with Gasteiger partial charge < -0.3 is 10.6 Å². The molecule has 0 saturated carbocycles. The smallest absolute Gasteiger partial charge is 0.0991 e. The van der Waals surface area contributed by atoms with Crippen molar-refractivity contribution in [3.8, 4) is 6.07 Å². The van der Waals surface area contributed by atoms with Gasteiger partial charge >= 0.3 is 0 Å². The average molecular weight is 279 g/mol. The van der Waals surface area contributed by atoms with Crippen LogP contribution in [0.2, 0.25) is 0 Å². The van der Waals surface area contributed by atoms with Crippen LogP contribution in [0.4, 0.5) is 5.69 Å². The van der Waals surface area contributed by atoms with Crippen LogP contribution < -0.4 is 10.6 Å². The molecule has 2 rings (SSSR count). The lowest BCUT2D eigenvalue weighted by Gasteiger charge is -2.18. The standard InChI is InChI=1S/C18H21N3/c1-21(2)18-8-6-16(7-9-18)17(13-20)11-14-4-3-5-15(10-14)12-19/h3-10,17H,11,13,20H2,1-2H3. The Hall–Kier alpha value is -2.31. The van der Waals surface area contributed by atoms with E-state index in [1.54, 1.807) is 0 Å². The van der Waals surface area contributed by atoms with Crippen molar-refractivity contribution in [2.75, 3.05) is 25.5 Å². The number of benzene rings is 2. The predicted molar refractivity (Wildman–Crippen MR) is 87.4 cm³/mol. The Labute approximate surface area is 126 Å². The lowest BCUT2D eigenvalue weighted by Crippen LogP contribution is -2.15. The van der Waals surface area contributed by atoms with Gasteiger partial charge in [-0.15, -0.1) is 0 Å². The van der Waals surface area contributed by atoms with Crippen molar-refractivity contribution in [2.45, 2.75) is 12.3 Å². The van der Waals surface area contributed by atoms with Crippen LogP contribution in [-0.4, -0.2) is 20.6 Å². The first-order valence-corrected chi connectivity index (χ1v) is 7.10. The summed E-state index contributed by atoms with van der Waals surface area (Å²) in [5.41, 5.74) is 10.2. The number of anilines is 1. The van der Waals surface area contributed by atoms with Crippen LogP contribution in [0.15, 0.2) is 48.5 Å². The third-order valence-electron chi connectivity index (χ3n) is 3.70. The zero-order valence-corrected chi connectivity index (χ0v) is 12.6. The first-order valence-electron chi connectivity index (χ1n) is 7.10. The first-order chi connectivity index (χ1) is 10.1. The van der Waals surface area contributed by atoms with E-state index in [4.69, 9.17) is 11.0 Å². The number of hydrogen-bond acceptors (Lipinski definition) is 3. The van der Waals surface area contributed by atoms with E-state index in [9.17, 15) is 0 Å². The second kappa shape index (κ2) is 6.92. The number of nitrogens with two attached hydrogens (primary N) is 1. The van der Waals surface area contributed by atoms with Crippen molar-refractivity contribution in [3.63, 3.8) is 0 Å². The molecule has 0 saturated heterocycles. The summed E-state index contributed by atoms with van der Waals surface area (Å²) < 4.78 is 0. The molecule has 0 bridgehead atoms. The molecule has 0 aliphatic rings. The van der Waals surface area contributed by atoms with Gasteiger partial charge in [0.2, 0.25) is 0 Å². The van der Waals surface area contributed by atoms with Gasteiger partial charge in [-0.3, -0.25) is 0 Å². The van der Waals surface area contributed by atoms with Gasteiger partial charge in [-0.25, -0.2) is 0 Å². The van der Waals surface area contributed by atoms with E-state index < -0.39 is 0 Å². The third kappa shape index (κ3) is 3.84. The minimum absolute atomic E-state index is 0.273. The molecule has 0 aliphatic carbocycles. The first kappa shape index (κ1) is 15.1. The molecule has 2 aromatic carbocycles. The summed E-state index contributed by atoms with van der Waals surface area (Å²) in [6, 6.07) is 18.4. The van der Waals surface area contributed by atoms with Crippen molar-refractivity contribution in [1.82, 2.24) is 0 Å². The third-order valence-corrected chi connectivity index (χ3v) is 3.70. The second-order valence-corrected chi connectivity index (χ2v) is 5.43. The maximum absolute atomic E-state index is 8.97. The molecule has 1 unspecified atom stereocenters. The molecule has 0 aromatic heterocycles. The van der Waals surface area contributed by atoms with E-state index in [-0.39, 0.29) is 5.92 Å². The highest BCUT2D eigenvalue weighted by Gasteiger charge is 2.11. The number of rotatable bonds is 5. The molecule has 3 heteroatoms. The Bertz CT molecular complexity index is 624. The minimum Gasteiger partial charge on any atom is -0.378 e. The predicted octanol–water partition coefficient (Wildman–Crippen LogP) is 2.91. The van der Waals surface area contributed by atoms with E-state index in [0.29, 0.717) is 12.1 Å². The molecular formula is C18H21N3. The molecule has 0 spiro atoms. The lowest BCUT2D eigenvalue weighted by molar-refractivity contribution is 0.694. The van der Waals surface area contributed by atoms with Gasteiger partial charge in [-0.1, -0.05) is 24.3 Å². The van der Waals surface area contributed by atoms with E-state index >= 15 is 0 Å². The van der Waals surface area contributed by atoms with Crippen LogP contribution in [0.3, 0.4) is 0 Å². The topological polar surface area (TPSA) is 53.0 Å².